The third kappa shape index (κ3) is 1.14. The average Bonchev–Trinajstić information content (AvgIpc) is 2.59. The normalized spacial score (nSPS) is 10.2. The van der Waals surface area contributed by atoms with Crippen molar-refractivity contribution in [2.24, 2.45) is 0 Å². The molecular formula is C9H8N4. The molecule has 0 saturated carbocycles. The van der Waals surface area contributed by atoms with Gasteiger partial charge in [-0.25, -0.2) is 4.68 Å². The first kappa shape index (κ1) is 7.74. The van der Waals surface area contributed by atoms with E-state index in [2.05, 4.69) is 16.4 Å². The molecule has 0 aliphatic carbocycles. The quantitative estimate of drug-likeness (QED) is 0.651. The Morgan fingerprint density at radius 2 is 2.38 bits per heavy atom. The van der Waals surface area contributed by atoms with E-state index in [0.29, 0.717) is 5.56 Å². The number of aromatic nitrogens is 3. The van der Waals surface area contributed by atoms with Crippen LogP contribution in [0.25, 0.3) is 11.0 Å². The predicted molar refractivity (Wildman–Crippen MR) is 47.9 cm³/mol. The topological polar surface area (TPSA) is 54.5 Å². The van der Waals surface area contributed by atoms with Gasteiger partial charge in [0.15, 0.2) is 0 Å². The molecule has 0 amide bonds. The molecule has 13 heavy (non-hydrogen) atoms. The molecule has 2 aromatic rings. The van der Waals surface area contributed by atoms with Crippen LogP contribution in [-0.2, 0) is 6.54 Å². The molecule has 2 rings (SSSR count). The van der Waals surface area contributed by atoms with Gasteiger partial charge in [0.05, 0.1) is 17.1 Å². The Morgan fingerprint density at radius 3 is 3.08 bits per heavy atom. The molecule has 4 heteroatoms. The zero-order valence-electron chi connectivity index (χ0n) is 7.23. The second kappa shape index (κ2) is 2.87. The number of hydrogen-bond donors (Lipinski definition) is 0. The van der Waals surface area contributed by atoms with Crippen LogP contribution in [-0.4, -0.2) is 15.0 Å². The molecular weight excluding hydrogens is 164 g/mol. The van der Waals surface area contributed by atoms with Gasteiger partial charge in [0.2, 0.25) is 0 Å². The molecule has 0 radical (unpaired) electrons. The van der Waals surface area contributed by atoms with E-state index in [1.807, 2.05) is 13.0 Å². The molecule has 0 atom stereocenters. The van der Waals surface area contributed by atoms with Crippen LogP contribution in [0.2, 0.25) is 0 Å². The van der Waals surface area contributed by atoms with E-state index in [-0.39, 0.29) is 0 Å². The number of nitriles is 1. The summed E-state index contributed by atoms with van der Waals surface area (Å²) in [4.78, 5) is 0. The van der Waals surface area contributed by atoms with Crippen molar-refractivity contribution in [2.45, 2.75) is 13.5 Å². The van der Waals surface area contributed by atoms with Gasteiger partial charge < -0.3 is 0 Å². The highest BCUT2D eigenvalue weighted by Crippen LogP contribution is 2.12. The number of nitrogens with zero attached hydrogens (tertiary/aromatic N) is 4. The first-order valence-corrected chi connectivity index (χ1v) is 4.08. The van der Waals surface area contributed by atoms with Gasteiger partial charge in [0.1, 0.15) is 5.52 Å². The van der Waals surface area contributed by atoms with E-state index < -0.39 is 0 Å². The summed E-state index contributed by atoms with van der Waals surface area (Å²) >= 11 is 0. The molecule has 1 aromatic carbocycles. The largest absolute Gasteiger partial charge is 0.245 e. The van der Waals surface area contributed by atoms with Crippen LogP contribution in [0.3, 0.4) is 0 Å². The van der Waals surface area contributed by atoms with Crippen molar-refractivity contribution in [2.75, 3.05) is 0 Å². The number of aryl methyl sites for hydroxylation is 1. The molecule has 0 aliphatic rings. The summed E-state index contributed by atoms with van der Waals surface area (Å²) in [6.07, 6.45) is 0. The van der Waals surface area contributed by atoms with Gasteiger partial charge in [0.25, 0.3) is 0 Å². The van der Waals surface area contributed by atoms with Crippen LogP contribution < -0.4 is 0 Å². The van der Waals surface area contributed by atoms with Crippen LogP contribution in [0.4, 0.5) is 0 Å². The van der Waals surface area contributed by atoms with Crippen LogP contribution in [0.15, 0.2) is 18.2 Å². The van der Waals surface area contributed by atoms with E-state index in [4.69, 9.17) is 5.26 Å². The molecule has 0 saturated heterocycles. The Kier molecular flexibility index (Phi) is 1.71. The molecule has 0 unspecified atom stereocenters. The lowest BCUT2D eigenvalue weighted by atomic mass is 10.2. The highest BCUT2D eigenvalue weighted by atomic mass is 15.4. The van der Waals surface area contributed by atoms with Gasteiger partial charge in [-0.15, -0.1) is 5.10 Å². The van der Waals surface area contributed by atoms with Gasteiger partial charge >= 0.3 is 0 Å². The molecule has 1 heterocycles. The van der Waals surface area contributed by atoms with Crippen molar-refractivity contribution < 1.29 is 0 Å². The molecule has 0 N–H and O–H groups in total. The minimum absolute atomic E-state index is 0.643. The van der Waals surface area contributed by atoms with Gasteiger partial charge in [-0.1, -0.05) is 5.21 Å². The Balaban J connectivity index is 2.73. The van der Waals surface area contributed by atoms with Crippen LogP contribution in [0.5, 0.6) is 0 Å². The summed E-state index contributed by atoms with van der Waals surface area (Å²) in [6.45, 7) is 2.76. The Hall–Kier alpha value is -1.89. The lowest BCUT2D eigenvalue weighted by Crippen LogP contribution is -1.95. The minimum atomic E-state index is 0.643. The molecule has 0 aliphatic heterocycles. The van der Waals surface area contributed by atoms with Crippen molar-refractivity contribution in [3.63, 3.8) is 0 Å². The van der Waals surface area contributed by atoms with E-state index in [1.165, 1.54) is 0 Å². The fourth-order valence-corrected chi connectivity index (χ4v) is 1.27. The number of benzene rings is 1. The standard InChI is InChI=1S/C9H8N4/c1-2-13-9-5-7(6-10)3-4-8(9)11-12-13/h3-5H,2H2,1H3. The monoisotopic (exact) mass is 172 g/mol. The molecule has 4 nitrogen and oxygen atoms in total. The van der Waals surface area contributed by atoms with E-state index >= 15 is 0 Å². The van der Waals surface area contributed by atoms with Crippen molar-refractivity contribution >= 4 is 11.0 Å². The SMILES string of the molecule is CCn1nnc2ccc(C#N)cc21. The summed E-state index contributed by atoms with van der Waals surface area (Å²) < 4.78 is 1.77. The van der Waals surface area contributed by atoms with Gasteiger partial charge in [-0.05, 0) is 25.1 Å². The average molecular weight is 172 g/mol. The van der Waals surface area contributed by atoms with Crippen LogP contribution >= 0.6 is 0 Å². The number of fused-ring (bicyclic) bond motifs is 1. The lowest BCUT2D eigenvalue weighted by molar-refractivity contribution is 0.646. The highest BCUT2D eigenvalue weighted by molar-refractivity contribution is 5.75. The maximum atomic E-state index is 8.70. The third-order valence-electron chi connectivity index (χ3n) is 1.94. The summed E-state index contributed by atoms with van der Waals surface area (Å²) in [5.41, 5.74) is 2.40. The lowest BCUT2D eigenvalue weighted by Gasteiger charge is -1.95. The van der Waals surface area contributed by atoms with Gasteiger partial charge in [0, 0.05) is 6.54 Å². The van der Waals surface area contributed by atoms with Gasteiger partial charge in [-0.3, -0.25) is 0 Å². The number of rotatable bonds is 1. The zero-order valence-corrected chi connectivity index (χ0v) is 7.23. The smallest absolute Gasteiger partial charge is 0.113 e. The molecule has 0 spiro atoms. The van der Waals surface area contributed by atoms with Crippen molar-refractivity contribution in [3.8, 4) is 6.07 Å². The first-order chi connectivity index (χ1) is 6.35. The van der Waals surface area contributed by atoms with Crippen molar-refractivity contribution in [1.29, 1.82) is 5.26 Å². The Morgan fingerprint density at radius 1 is 1.54 bits per heavy atom. The Bertz CT molecular complexity index is 478. The fourth-order valence-electron chi connectivity index (χ4n) is 1.27. The highest BCUT2D eigenvalue weighted by Gasteiger charge is 2.02. The Labute approximate surface area is 75.4 Å². The predicted octanol–water partition coefficient (Wildman–Crippen LogP) is 1.32. The molecule has 64 valence electrons. The van der Waals surface area contributed by atoms with E-state index in [0.717, 1.165) is 17.6 Å². The number of hydrogen-bond acceptors (Lipinski definition) is 3. The van der Waals surface area contributed by atoms with Gasteiger partial charge in [-0.2, -0.15) is 5.26 Å². The summed E-state index contributed by atoms with van der Waals surface area (Å²) in [5.74, 6) is 0. The second-order valence-corrected chi connectivity index (χ2v) is 2.72. The van der Waals surface area contributed by atoms with E-state index in [1.54, 1.807) is 16.8 Å². The third-order valence-corrected chi connectivity index (χ3v) is 1.94. The summed E-state index contributed by atoms with van der Waals surface area (Å²) in [7, 11) is 0. The summed E-state index contributed by atoms with van der Waals surface area (Å²) in [6, 6.07) is 7.46. The maximum Gasteiger partial charge on any atom is 0.113 e. The molecule has 0 fully saturated rings. The molecule has 1 aromatic heterocycles. The van der Waals surface area contributed by atoms with Crippen LogP contribution in [0, 0.1) is 11.3 Å². The van der Waals surface area contributed by atoms with Crippen LogP contribution in [0.1, 0.15) is 12.5 Å². The van der Waals surface area contributed by atoms with Crippen molar-refractivity contribution in [1.82, 2.24) is 15.0 Å². The zero-order chi connectivity index (χ0) is 9.26. The summed E-state index contributed by atoms with van der Waals surface area (Å²) in [5, 5.41) is 16.6. The minimum Gasteiger partial charge on any atom is -0.245 e. The van der Waals surface area contributed by atoms with E-state index in [9.17, 15) is 0 Å². The molecule has 0 bridgehead atoms. The maximum absolute atomic E-state index is 8.70. The second-order valence-electron chi connectivity index (χ2n) is 2.72. The fraction of sp³-hybridized carbons (Fsp3) is 0.222. The van der Waals surface area contributed by atoms with Crippen molar-refractivity contribution in [3.05, 3.63) is 23.8 Å². The first-order valence-electron chi connectivity index (χ1n) is 4.08.